The van der Waals surface area contributed by atoms with Crippen LogP contribution in [0.5, 0.6) is 0 Å². The highest BCUT2D eigenvalue weighted by molar-refractivity contribution is 7.99. The number of nitrogens with zero attached hydrogens (tertiary/aromatic N) is 1. The van der Waals surface area contributed by atoms with E-state index in [0.29, 0.717) is 0 Å². The molecule has 40 heavy (non-hydrogen) atoms. The first-order valence-electron chi connectivity index (χ1n) is 14.6. The first kappa shape index (κ1) is 30.1. The molecule has 1 fully saturated rings. The van der Waals surface area contributed by atoms with E-state index in [1.54, 1.807) is 0 Å². The number of carboxylic acids is 1. The van der Waals surface area contributed by atoms with Crippen molar-refractivity contribution in [2.45, 2.75) is 83.0 Å². The summed E-state index contributed by atoms with van der Waals surface area (Å²) in [7, 11) is 0. The van der Waals surface area contributed by atoms with Crippen molar-refractivity contribution >= 4 is 29.9 Å². The molecule has 1 heterocycles. The third kappa shape index (κ3) is 8.81. The van der Waals surface area contributed by atoms with Crippen LogP contribution in [-0.2, 0) is 23.2 Å². The normalized spacial score (nSPS) is 15.3. The standard InChI is InChI=1S/C35H43NO3S/c1-4-5-13-29-14-9-15-30(36-29)19-17-26-10-8-12-28(23-26)32(40-25-35(21-22-35)24-33(37)38)20-18-27-11-6-7-16-31(27)34(2,3)39/h6-12,14-17,19,23,32,39H,4-5,13,18,20-22,24-25H2,1-3H3,(H,37,38)/b19-17+/t32-/m1/s1. The van der Waals surface area contributed by atoms with Gasteiger partial charge in [0.1, 0.15) is 0 Å². The number of aryl methyl sites for hydroxylation is 2. The maximum atomic E-state index is 11.5. The number of hydrogen-bond donors (Lipinski definition) is 2. The van der Waals surface area contributed by atoms with Gasteiger partial charge in [-0.05, 0) is 98.2 Å². The number of carboxylic acid groups (broad SMARTS) is 1. The maximum Gasteiger partial charge on any atom is 0.303 e. The quantitative estimate of drug-likeness (QED) is 0.196. The first-order valence-corrected chi connectivity index (χ1v) is 15.6. The lowest BCUT2D eigenvalue weighted by Gasteiger charge is -2.24. The Hall–Kier alpha value is -2.89. The third-order valence-corrected chi connectivity index (χ3v) is 9.46. The lowest BCUT2D eigenvalue weighted by Crippen LogP contribution is -2.18. The summed E-state index contributed by atoms with van der Waals surface area (Å²) < 4.78 is 0. The number of hydrogen-bond acceptors (Lipinski definition) is 4. The summed E-state index contributed by atoms with van der Waals surface area (Å²) in [6, 6.07) is 23.1. The van der Waals surface area contributed by atoms with Gasteiger partial charge in [-0.1, -0.05) is 74.0 Å². The van der Waals surface area contributed by atoms with Crippen LogP contribution in [0.4, 0.5) is 0 Å². The molecule has 0 radical (unpaired) electrons. The summed E-state index contributed by atoms with van der Waals surface area (Å²) in [6.07, 6.45) is 11.5. The van der Waals surface area contributed by atoms with Gasteiger partial charge in [-0.2, -0.15) is 11.8 Å². The average Bonchev–Trinajstić information content (AvgIpc) is 3.69. The van der Waals surface area contributed by atoms with Crippen LogP contribution < -0.4 is 0 Å². The summed E-state index contributed by atoms with van der Waals surface area (Å²) in [6.45, 7) is 5.88. The van der Waals surface area contributed by atoms with E-state index < -0.39 is 11.6 Å². The molecule has 3 aromatic rings. The maximum absolute atomic E-state index is 11.5. The third-order valence-electron chi connectivity index (χ3n) is 7.77. The van der Waals surface area contributed by atoms with Crippen LogP contribution in [0.1, 0.15) is 98.2 Å². The number of aliphatic carboxylic acids is 1. The number of aliphatic hydroxyl groups is 1. The summed E-state index contributed by atoms with van der Waals surface area (Å²) in [5.41, 5.74) is 5.66. The number of aromatic nitrogens is 1. The van der Waals surface area contributed by atoms with E-state index in [9.17, 15) is 15.0 Å². The second kappa shape index (κ2) is 13.6. The summed E-state index contributed by atoms with van der Waals surface area (Å²) in [4.78, 5) is 16.3. The fourth-order valence-corrected chi connectivity index (χ4v) is 6.82. The number of unbranched alkanes of at least 4 members (excludes halogenated alkanes) is 1. The lowest BCUT2D eigenvalue weighted by molar-refractivity contribution is -0.138. The fraction of sp³-hybridized carbons (Fsp3) is 0.429. The van der Waals surface area contributed by atoms with E-state index in [-0.39, 0.29) is 17.1 Å². The zero-order valence-electron chi connectivity index (χ0n) is 24.1. The van der Waals surface area contributed by atoms with E-state index >= 15 is 0 Å². The molecule has 212 valence electrons. The Balaban J connectivity index is 1.53. The van der Waals surface area contributed by atoms with E-state index in [1.165, 1.54) is 5.56 Å². The SMILES string of the molecule is CCCCc1cccc(/C=C/c2cccc([C@@H](CCc3ccccc3C(C)(C)O)SCC3(CC(=O)O)CC3)c2)n1. The summed E-state index contributed by atoms with van der Waals surface area (Å²) in [5.74, 6) is 0.152. The Labute approximate surface area is 244 Å². The molecule has 1 atom stereocenters. The lowest BCUT2D eigenvalue weighted by atomic mass is 9.90. The molecule has 2 aromatic carbocycles. The van der Waals surface area contributed by atoms with Crippen LogP contribution in [0.15, 0.2) is 66.7 Å². The van der Waals surface area contributed by atoms with Crippen LogP contribution in [0.3, 0.4) is 0 Å². The molecule has 0 unspecified atom stereocenters. The van der Waals surface area contributed by atoms with Gasteiger partial charge in [-0.25, -0.2) is 0 Å². The molecule has 1 aliphatic carbocycles. The molecule has 1 saturated carbocycles. The van der Waals surface area contributed by atoms with Crippen molar-refractivity contribution in [3.63, 3.8) is 0 Å². The Morgan fingerprint density at radius 2 is 1.82 bits per heavy atom. The predicted molar refractivity (Wildman–Crippen MR) is 167 cm³/mol. The molecule has 0 bridgehead atoms. The molecule has 4 rings (SSSR count). The minimum absolute atomic E-state index is 0.0638. The molecular formula is C35H43NO3S. The Morgan fingerprint density at radius 1 is 1.05 bits per heavy atom. The minimum Gasteiger partial charge on any atom is -0.481 e. The Bertz CT molecular complexity index is 1310. The predicted octanol–water partition coefficient (Wildman–Crippen LogP) is 8.48. The zero-order valence-corrected chi connectivity index (χ0v) is 24.9. The smallest absolute Gasteiger partial charge is 0.303 e. The summed E-state index contributed by atoms with van der Waals surface area (Å²) in [5, 5.41) is 20.4. The first-order chi connectivity index (χ1) is 19.2. The topological polar surface area (TPSA) is 70.4 Å². The van der Waals surface area contributed by atoms with Gasteiger partial charge in [-0.15, -0.1) is 0 Å². The van der Waals surface area contributed by atoms with Gasteiger partial charge in [0, 0.05) is 16.7 Å². The van der Waals surface area contributed by atoms with Crippen LogP contribution in [0, 0.1) is 5.41 Å². The van der Waals surface area contributed by atoms with Crippen LogP contribution in [0.2, 0.25) is 0 Å². The zero-order chi connectivity index (χ0) is 28.6. The Morgan fingerprint density at radius 3 is 2.55 bits per heavy atom. The molecule has 0 spiro atoms. The van der Waals surface area contributed by atoms with E-state index in [2.05, 4.69) is 61.5 Å². The highest BCUT2D eigenvalue weighted by atomic mass is 32.2. The molecule has 0 aliphatic heterocycles. The molecule has 2 N–H and O–H groups in total. The van der Waals surface area contributed by atoms with Gasteiger partial charge in [0.2, 0.25) is 0 Å². The van der Waals surface area contributed by atoms with Crippen molar-refractivity contribution < 1.29 is 15.0 Å². The molecule has 1 aromatic heterocycles. The van der Waals surface area contributed by atoms with Crippen molar-refractivity contribution in [2.75, 3.05) is 5.75 Å². The number of benzene rings is 2. The second-order valence-electron chi connectivity index (χ2n) is 11.8. The van der Waals surface area contributed by atoms with Gasteiger partial charge >= 0.3 is 5.97 Å². The van der Waals surface area contributed by atoms with Gasteiger partial charge in [0.05, 0.1) is 17.7 Å². The van der Waals surface area contributed by atoms with Crippen molar-refractivity contribution in [1.29, 1.82) is 0 Å². The summed E-state index contributed by atoms with van der Waals surface area (Å²) >= 11 is 1.89. The molecule has 5 heteroatoms. The molecule has 0 saturated heterocycles. The monoisotopic (exact) mass is 557 g/mol. The van der Waals surface area contributed by atoms with E-state index in [0.717, 1.165) is 78.8 Å². The van der Waals surface area contributed by atoms with Crippen molar-refractivity contribution in [3.05, 3.63) is 100 Å². The van der Waals surface area contributed by atoms with Crippen molar-refractivity contribution in [1.82, 2.24) is 4.98 Å². The van der Waals surface area contributed by atoms with Crippen molar-refractivity contribution in [3.8, 4) is 0 Å². The molecular weight excluding hydrogens is 514 g/mol. The number of thioether (sulfide) groups is 1. The highest BCUT2D eigenvalue weighted by Gasteiger charge is 2.44. The fourth-order valence-electron chi connectivity index (χ4n) is 5.25. The van der Waals surface area contributed by atoms with Crippen LogP contribution in [-0.4, -0.2) is 26.9 Å². The van der Waals surface area contributed by atoms with Gasteiger partial charge in [0.15, 0.2) is 0 Å². The second-order valence-corrected chi connectivity index (χ2v) is 13.0. The van der Waals surface area contributed by atoms with E-state index in [1.807, 2.05) is 49.9 Å². The highest BCUT2D eigenvalue weighted by Crippen LogP contribution is 2.53. The van der Waals surface area contributed by atoms with Gasteiger partial charge in [-0.3, -0.25) is 9.78 Å². The average molecular weight is 558 g/mol. The van der Waals surface area contributed by atoms with Crippen LogP contribution >= 0.6 is 11.8 Å². The van der Waals surface area contributed by atoms with Crippen LogP contribution in [0.25, 0.3) is 12.2 Å². The molecule has 4 nitrogen and oxygen atoms in total. The minimum atomic E-state index is -0.897. The largest absolute Gasteiger partial charge is 0.481 e. The number of pyridine rings is 1. The Kier molecular flexibility index (Phi) is 10.3. The van der Waals surface area contributed by atoms with Gasteiger partial charge in [0.25, 0.3) is 0 Å². The van der Waals surface area contributed by atoms with Crippen molar-refractivity contribution in [2.24, 2.45) is 5.41 Å². The number of carbonyl (C=O) groups is 1. The van der Waals surface area contributed by atoms with Gasteiger partial charge < -0.3 is 10.2 Å². The molecule has 1 aliphatic rings. The molecule has 0 amide bonds. The number of rotatable bonds is 15. The van der Waals surface area contributed by atoms with E-state index in [4.69, 9.17) is 4.98 Å².